The van der Waals surface area contributed by atoms with Crippen molar-refractivity contribution in [2.24, 2.45) is 4.99 Å². The van der Waals surface area contributed by atoms with Crippen LogP contribution in [0.5, 0.6) is 0 Å². The van der Waals surface area contributed by atoms with Gasteiger partial charge in [0.15, 0.2) is 5.96 Å². The van der Waals surface area contributed by atoms with E-state index in [2.05, 4.69) is 64.9 Å². The van der Waals surface area contributed by atoms with Crippen molar-refractivity contribution in [3.63, 3.8) is 0 Å². The van der Waals surface area contributed by atoms with Crippen LogP contribution in [-0.2, 0) is 4.74 Å². The number of nitrogens with one attached hydrogen (secondary N) is 2. The van der Waals surface area contributed by atoms with Crippen molar-refractivity contribution in [3.8, 4) is 0 Å². The van der Waals surface area contributed by atoms with Gasteiger partial charge in [0.1, 0.15) is 0 Å². The van der Waals surface area contributed by atoms with Gasteiger partial charge < -0.3 is 20.3 Å². The lowest BCUT2D eigenvalue weighted by molar-refractivity contribution is 0.0783. The molecule has 7 heteroatoms. The minimum atomic E-state index is 0. The zero-order valence-electron chi connectivity index (χ0n) is 17.1. The summed E-state index contributed by atoms with van der Waals surface area (Å²) in [6.45, 7) is 9.77. The van der Waals surface area contributed by atoms with Gasteiger partial charge >= 0.3 is 0 Å². The Hall–Kier alpha value is -0.670. The van der Waals surface area contributed by atoms with Crippen molar-refractivity contribution >= 4 is 47.4 Å². The molecule has 0 unspecified atom stereocenters. The molecule has 1 heterocycles. The number of hydrogen-bond acceptors (Lipinski definition) is 4. The molecule has 0 radical (unpaired) electrons. The molecule has 0 aromatic heterocycles. The molecule has 2 rings (SSSR count). The molecule has 0 saturated carbocycles. The Kier molecular flexibility index (Phi) is 11.5. The lowest BCUT2D eigenvalue weighted by Crippen LogP contribution is -2.49. The first-order valence-electron chi connectivity index (χ1n) is 9.51. The molecule has 1 aliphatic rings. The largest absolute Gasteiger partial charge is 0.381 e. The number of halogens is 1. The number of ether oxygens (including phenoxy) is 1. The van der Waals surface area contributed by atoms with Crippen LogP contribution < -0.4 is 15.5 Å². The third kappa shape index (κ3) is 7.69. The van der Waals surface area contributed by atoms with Crippen molar-refractivity contribution < 1.29 is 4.74 Å². The molecule has 0 bridgehead atoms. The molecular formula is C20H35IN4OS. The zero-order valence-corrected chi connectivity index (χ0v) is 20.2. The fourth-order valence-electron chi connectivity index (χ4n) is 3.27. The standard InChI is InChI=1S/C20H34N4OS.HI/c1-5-24(18-8-6-7-17(2)15-18)12-11-22-19(21-3)23-16-20(26-4)9-13-25-14-10-20;/h6-8,15H,5,9-14,16H2,1-4H3,(H2,21,22,23);1H. The van der Waals surface area contributed by atoms with Crippen LogP contribution in [0.1, 0.15) is 25.3 Å². The quantitative estimate of drug-likeness (QED) is 0.321. The van der Waals surface area contributed by atoms with Crippen LogP contribution in [0.4, 0.5) is 5.69 Å². The first-order chi connectivity index (χ1) is 12.6. The van der Waals surface area contributed by atoms with E-state index in [-0.39, 0.29) is 28.7 Å². The zero-order chi connectivity index (χ0) is 18.8. The van der Waals surface area contributed by atoms with E-state index in [1.54, 1.807) is 0 Å². The Bertz CT molecular complexity index is 579. The minimum Gasteiger partial charge on any atom is -0.381 e. The number of hydrogen-bond donors (Lipinski definition) is 2. The molecular weight excluding hydrogens is 471 g/mol. The Morgan fingerprint density at radius 3 is 2.63 bits per heavy atom. The van der Waals surface area contributed by atoms with Crippen LogP contribution in [0.3, 0.4) is 0 Å². The maximum Gasteiger partial charge on any atom is 0.191 e. The molecule has 5 nitrogen and oxygen atoms in total. The predicted molar refractivity (Wildman–Crippen MR) is 130 cm³/mol. The summed E-state index contributed by atoms with van der Waals surface area (Å²) in [6, 6.07) is 8.68. The van der Waals surface area contributed by atoms with Gasteiger partial charge in [0.05, 0.1) is 0 Å². The monoisotopic (exact) mass is 506 g/mol. The number of thioether (sulfide) groups is 1. The molecule has 1 saturated heterocycles. The molecule has 27 heavy (non-hydrogen) atoms. The lowest BCUT2D eigenvalue weighted by atomic mass is 9.99. The summed E-state index contributed by atoms with van der Waals surface area (Å²) >= 11 is 1.94. The Labute approximate surface area is 186 Å². The minimum absolute atomic E-state index is 0. The van der Waals surface area contributed by atoms with Gasteiger partial charge in [-0.1, -0.05) is 12.1 Å². The average Bonchev–Trinajstić information content (AvgIpc) is 2.68. The molecule has 1 aromatic carbocycles. The van der Waals surface area contributed by atoms with Crippen molar-refractivity contribution in [2.45, 2.75) is 31.4 Å². The molecule has 0 spiro atoms. The molecule has 154 valence electrons. The second kappa shape index (κ2) is 12.7. The van der Waals surface area contributed by atoms with Gasteiger partial charge in [-0.15, -0.1) is 24.0 Å². The Morgan fingerprint density at radius 2 is 2.04 bits per heavy atom. The lowest BCUT2D eigenvalue weighted by Gasteiger charge is -2.36. The first kappa shape index (κ1) is 24.4. The molecule has 0 aliphatic carbocycles. The smallest absolute Gasteiger partial charge is 0.191 e. The molecule has 1 fully saturated rings. The van der Waals surface area contributed by atoms with Gasteiger partial charge in [-0.05, 0) is 50.6 Å². The summed E-state index contributed by atoms with van der Waals surface area (Å²) in [6.07, 6.45) is 4.38. The summed E-state index contributed by atoms with van der Waals surface area (Å²) in [5.74, 6) is 0.880. The van der Waals surface area contributed by atoms with E-state index in [1.165, 1.54) is 11.3 Å². The molecule has 0 amide bonds. The molecule has 2 N–H and O–H groups in total. The maximum absolute atomic E-state index is 5.52. The van der Waals surface area contributed by atoms with Gasteiger partial charge in [-0.3, -0.25) is 4.99 Å². The first-order valence-corrected chi connectivity index (χ1v) is 10.7. The van der Waals surface area contributed by atoms with E-state index in [9.17, 15) is 0 Å². The van der Waals surface area contributed by atoms with Crippen LogP contribution in [0.15, 0.2) is 29.3 Å². The highest BCUT2D eigenvalue weighted by atomic mass is 127. The number of aliphatic imine (C=N–C) groups is 1. The van der Waals surface area contributed by atoms with Crippen LogP contribution >= 0.6 is 35.7 Å². The normalized spacial score (nSPS) is 16.4. The second-order valence-electron chi connectivity index (χ2n) is 6.77. The number of benzene rings is 1. The Balaban J connectivity index is 0.00000364. The van der Waals surface area contributed by atoms with Gasteiger partial charge in [-0.2, -0.15) is 11.8 Å². The SMILES string of the molecule is CCN(CCNC(=NC)NCC1(SC)CCOCC1)c1cccc(C)c1.I. The van der Waals surface area contributed by atoms with Crippen LogP contribution in [0.2, 0.25) is 0 Å². The molecule has 0 atom stereocenters. The van der Waals surface area contributed by atoms with Crippen molar-refractivity contribution in [2.75, 3.05) is 57.6 Å². The fraction of sp³-hybridized carbons (Fsp3) is 0.650. The van der Waals surface area contributed by atoms with E-state index in [1.807, 2.05) is 18.8 Å². The van der Waals surface area contributed by atoms with E-state index < -0.39 is 0 Å². The number of likely N-dealkylation sites (N-methyl/N-ethyl adjacent to an activating group) is 1. The van der Waals surface area contributed by atoms with Crippen LogP contribution in [0.25, 0.3) is 0 Å². The summed E-state index contributed by atoms with van der Waals surface area (Å²) in [7, 11) is 1.84. The summed E-state index contributed by atoms with van der Waals surface area (Å²) < 4.78 is 5.78. The van der Waals surface area contributed by atoms with E-state index in [0.717, 1.165) is 58.2 Å². The highest BCUT2D eigenvalue weighted by Crippen LogP contribution is 2.32. The van der Waals surface area contributed by atoms with Gasteiger partial charge in [-0.25, -0.2) is 0 Å². The number of nitrogens with zero attached hydrogens (tertiary/aromatic N) is 2. The van der Waals surface area contributed by atoms with Gasteiger partial charge in [0.25, 0.3) is 0 Å². The van der Waals surface area contributed by atoms with Crippen molar-refractivity contribution in [1.82, 2.24) is 10.6 Å². The Morgan fingerprint density at radius 1 is 1.30 bits per heavy atom. The van der Waals surface area contributed by atoms with Crippen molar-refractivity contribution in [3.05, 3.63) is 29.8 Å². The number of anilines is 1. The maximum atomic E-state index is 5.52. The van der Waals surface area contributed by atoms with Crippen molar-refractivity contribution in [1.29, 1.82) is 0 Å². The van der Waals surface area contributed by atoms with E-state index >= 15 is 0 Å². The van der Waals surface area contributed by atoms with E-state index in [4.69, 9.17) is 4.74 Å². The predicted octanol–water partition coefficient (Wildman–Crippen LogP) is 3.52. The van der Waals surface area contributed by atoms with Crippen LogP contribution in [0, 0.1) is 6.92 Å². The third-order valence-corrected chi connectivity index (χ3v) is 6.48. The average molecular weight is 506 g/mol. The number of guanidine groups is 1. The highest BCUT2D eigenvalue weighted by Gasteiger charge is 2.31. The number of aryl methyl sites for hydroxylation is 1. The fourth-order valence-corrected chi connectivity index (χ4v) is 4.06. The summed E-state index contributed by atoms with van der Waals surface area (Å²) in [5, 5.41) is 6.97. The topological polar surface area (TPSA) is 48.9 Å². The van der Waals surface area contributed by atoms with Gasteiger partial charge in [0, 0.05) is 56.9 Å². The van der Waals surface area contributed by atoms with Crippen LogP contribution in [-0.4, -0.2) is 63.4 Å². The summed E-state index contributed by atoms with van der Waals surface area (Å²) in [5.41, 5.74) is 2.57. The second-order valence-corrected chi connectivity index (χ2v) is 8.04. The number of rotatable bonds is 8. The molecule has 1 aromatic rings. The van der Waals surface area contributed by atoms with E-state index in [0.29, 0.717) is 0 Å². The third-order valence-electron chi connectivity index (χ3n) is 5.06. The summed E-state index contributed by atoms with van der Waals surface area (Å²) in [4.78, 5) is 6.77. The highest BCUT2D eigenvalue weighted by molar-refractivity contribution is 14.0. The molecule has 1 aliphatic heterocycles. The van der Waals surface area contributed by atoms with Gasteiger partial charge in [0.2, 0.25) is 0 Å².